The van der Waals surface area contributed by atoms with Gasteiger partial charge in [0.2, 0.25) is 9.04 Å². The molecule has 31 heavy (non-hydrogen) atoms. The van der Waals surface area contributed by atoms with E-state index in [-0.39, 0.29) is 18.1 Å². The van der Waals surface area contributed by atoms with E-state index >= 15 is 0 Å². The van der Waals surface area contributed by atoms with Crippen LogP contribution in [0, 0.1) is 11.3 Å². The third kappa shape index (κ3) is 6.44. The van der Waals surface area contributed by atoms with Gasteiger partial charge in [-0.25, -0.2) is 4.79 Å². The number of hydrogen-bond donors (Lipinski definition) is 1. The fraction of sp³-hybridized carbons (Fsp3) is 0.500. The van der Waals surface area contributed by atoms with Gasteiger partial charge in [0.1, 0.15) is 6.61 Å². The average Bonchev–Trinajstić information content (AvgIpc) is 3.13. The maximum Gasteiger partial charge on any atom is 0.407 e. The van der Waals surface area contributed by atoms with Crippen molar-refractivity contribution in [2.45, 2.75) is 64.8 Å². The van der Waals surface area contributed by atoms with Crippen molar-refractivity contribution in [3.8, 4) is 0 Å². The zero-order valence-electron chi connectivity index (χ0n) is 19.5. The number of hydrogen-bond acceptors (Lipinski definition) is 3. The summed E-state index contributed by atoms with van der Waals surface area (Å²) in [5, 5.41) is 3.25. The highest BCUT2D eigenvalue weighted by molar-refractivity contribution is 6.48. The molecule has 1 aliphatic carbocycles. The SMILES string of the molecule is C[Si](C)OCC1(NC(=O)OCc2ccccc2)CC(c2ccccc2)C(C(C)(C)C)C1. The van der Waals surface area contributed by atoms with Crippen LogP contribution in [0.2, 0.25) is 13.1 Å². The highest BCUT2D eigenvalue weighted by Gasteiger charge is 2.50. The van der Waals surface area contributed by atoms with Crippen molar-refractivity contribution in [1.29, 1.82) is 0 Å². The van der Waals surface area contributed by atoms with Gasteiger partial charge in [-0.1, -0.05) is 81.4 Å². The van der Waals surface area contributed by atoms with E-state index in [0.717, 1.165) is 18.4 Å². The van der Waals surface area contributed by atoms with Crippen LogP contribution in [-0.2, 0) is 15.8 Å². The van der Waals surface area contributed by atoms with Gasteiger partial charge < -0.3 is 14.5 Å². The summed E-state index contributed by atoms with van der Waals surface area (Å²) in [5.41, 5.74) is 2.01. The molecule has 0 aliphatic heterocycles. The summed E-state index contributed by atoms with van der Waals surface area (Å²) in [4.78, 5) is 12.8. The molecule has 0 heterocycles. The van der Waals surface area contributed by atoms with Crippen LogP contribution in [0.3, 0.4) is 0 Å². The van der Waals surface area contributed by atoms with E-state index in [1.54, 1.807) is 0 Å². The van der Waals surface area contributed by atoms with Crippen molar-refractivity contribution < 1.29 is 14.0 Å². The molecule has 2 aromatic carbocycles. The first kappa shape index (κ1) is 23.5. The van der Waals surface area contributed by atoms with Crippen LogP contribution in [0.25, 0.3) is 0 Å². The summed E-state index contributed by atoms with van der Waals surface area (Å²) < 4.78 is 11.8. The first-order chi connectivity index (χ1) is 14.7. The van der Waals surface area contributed by atoms with E-state index in [9.17, 15) is 4.79 Å². The number of benzene rings is 2. The van der Waals surface area contributed by atoms with Gasteiger partial charge in [0, 0.05) is 0 Å². The highest BCUT2D eigenvalue weighted by atomic mass is 28.3. The second-order valence-electron chi connectivity index (χ2n) is 10.1. The molecule has 1 saturated carbocycles. The summed E-state index contributed by atoms with van der Waals surface area (Å²) in [6, 6.07) is 20.5. The molecule has 0 bridgehead atoms. The molecule has 3 rings (SSSR count). The number of carbonyl (C=O) groups excluding carboxylic acids is 1. The summed E-state index contributed by atoms with van der Waals surface area (Å²) in [6.07, 6.45) is 1.37. The number of nitrogens with one attached hydrogen (secondary N) is 1. The lowest BCUT2D eigenvalue weighted by molar-refractivity contribution is 0.108. The molecule has 0 spiro atoms. The minimum Gasteiger partial charge on any atom is -0.445 e. The van der Waals surface area contributed by atoms with Gasteiger partial charge in [0.25, 0.3) is 0 Å². The third-order valence-electron chi connectivity index (χ3n) is 6.26. The molecule has 2 aromatic rings. The Balaban J connectivity index is 1.80. The average molecular weight is 439 g/mol. The Kier molecular flexibility index (Phi) is 7.60. The van der Waals surface area contributed by atoms with Gasteiger partial charge >= 0.3 is 6.09 Å². The molecule has 3 atom stereocenters. The normalized spacial score (nSPS) is 23.7. The molecule has 0 aromatic heterocycles. The first-order valence-electron chi connectivity index (χ1n) is 11.2. The number of ether oxygens (including phenoxy) is 1. The van der Waals surface area contributed by atoms with Crippen molar-refractivity contribution in [2.24, 2.45) is 11.3 Å². The highest BCUT2D eigenvalue weighted by Crippen LogP contribution is 2.52. The van der Waals surface area contributed by atoms with Crippen LogP contribution in [0.1, 0.15) is 50.7 Å². The summed E-state index contributed by atoms with van der Waals surface area (Å²) >= 11 is 0. The van der Waals surface area contributed by atoms with Gasteiger partial charge in [0.05, 0.1) is 12.1 Å². The van der Waals surface area contributed by atoms with Gasteiger partial charge in [-0.05, 0) is 54.3 Å². The quantitative estimate of drug-likeness (QED) is 0.527. The fourth-order valence-electron chi connectivity index (χ4n) is 4.68. The number of alkyl carbamates (subject to hydrolysis) is 1. The van der Waals surface area contributed by atoms with Gasteiger partial charge in [0.15, 0.2) is 0 Å². The van der Waals surface area contributed by atoms with Crippen LogP contribution in [0.15, 0.2) is 60.7 Å². The Hall–Kier alpha value is -2.11. The zero-order chi connectivity index (χ0) is 22.5. The number of carbonyl (C=O) groups is 1. The minimum absolute atomic E-state index is 0.115. The molecule has 1 amide bonds. The predicted octanol–water partition coefficient (Wildman–Crippen LogP) is 6.16. The van der Waals surface area contributed by atoms with Crippen LogP contribution in [-0.4, -0.2) is 27.3 Å². The van der Waals surface area contributed by atoms with Crippen molar-refractivity contribution in [2.75, 3.05) is 6.61 Å². The maximum atomic E-state index is 12.8. The van der Waals surface area contributed by atoms with Crippen LogP contribution < -0.4 is 5.32 Å². The molecule has 1 N–H and O–H groups in total. The topological polar surface area (TPSA) is 47.6 Å². The number of rotatable bonds is 7. The van der Waals surface area contributed by atoms with Gasteiger partial charge in [-0.15, -0.1) is 0 Å². The Morgan fingerprint density at radius 3 is 2.23 bits per heavy atom. The fourth-order valence-corrected chi connectivity index (χ4v) is 5.25. The Labute approximate surface area is 189 Å². The molecule has 0 saturated heterocycles. The molecule has 1 fully saturated rings. The Bertz CT molecular complexity index is 835. The maximum absolute atomic E-state index is 12.8. The predicted molar refractivity (Wildman–Crippen MR) is 127 cm³/mol. The number of amides is 1. The minimum atomic E-state index is -0.875. The summed E-state index contributed by atoms with van der Waals surface area (Å²) in [5.74, 6) is 0.793. The second-order valence-corrected chi connectivity index (χ2v) is 12.2. The largest absolute Gasteiger partial charge is 0.445 e. The van der Waals surface area contributed by atoms with E-state index in [4.69, 9.17) is 9.16 Å². The van der Waals surface area contributed by atoms with Crippen LogP contribution >= 0.6 is 0 Å². The van der Waals surface area contributed by atoms with E-state index in [1.807, 2.05) is 30.3 Å². The van der Waals surface area contributed by atoms with E-state index in [0.29, 0.717) is 18.4 Å². The second kappa shape index (κ2) is 10.0. The molecule has 4 nitrogen and oxygen atoms in total. The third-order valence-corrected chi connectivity index (χ3v) is 6.99. The standard InChI is InChI=1S/C26H36NO3Si/c1-25(2,3)23-17-26(19-30-31(4)5,16-22(23)21-14-10-7-11-15-21)27-24(28)29-18-20-12-8-6-9-13-20/h6-15,22-23H,16-19H2,1-5H3,(H,27,28). The Morgan fingerprint density at radius 2 is 1.65 bits per heavy atom. The molecular formula is C26H36NO3Si. The molecule has 5 heteroatoms. The van der Waals surface area contributed by atoms with Gasteiger partial charge in [-0.3, -0.25) is 0 Å². The van der Waals surface area contributed by atoms with Gasteiger partial charge in [-0.2, -0.15) is 0 Å². The lowest BCUT2D eigenvalue weighted by atomic mass is 9.72. The Morgan fingerprint density at radius 1 is 1.03 bits per heavy atom. The molecular weight excluding hydrogens is 402 g/mol. The first-order valence-corrected chi connectivity index (χ1v) is 13.6. The molecule has 1 radical (unpaired) electrons. The van der Waals surface area contributed by atoms with E-state index in [2.05, 4.69) is 69.5 Å². The van der Waals surface area contributed by atoms with Crippen molar-refractivity contribution in [3.05, 3.63) is 71.8 Å². The smallest absolute Gasteiger partial charge is 0.407 e. The summed E-state index contributed by atoms with van der Waals surface area (Å²) in [6.45, 7) is 12.0. The van der Waals surface area contributed by atoms with Crippen LogP contribution in [0.4, 0.5) is 4.79 Å². The summed E-state index contributed by atoms with van der Waals surface area (Å²) in [7, 11) is -0.875. The molecule has 167 valence electrons. The monoisotopic (exact) mass is 438 g/mol. The lowest BCUT2D eigenvalue weighted by Gasteiger charge is -2.34. The lowest BCUT2D eigenvalue weighted by Crippen LogP contribution is -2.51. The van der Waals surface area contributed by atoms with Crippen LogP contribution in [0.5, 0.6) is 0 Å². The molecule has 3 unspecified atom stereocenters. The van der Waals surface area contributed by atoms with Crippen molar-refractivity contribution >= 4 is 15.1 Å². The zero-order valence-corrected chi connectivity index (χ0v) is 20.5. The van der Waals surface area contributed by atoms with Crippen molar-refractivity contribution in [3.63, 3.8) is 0 Å². The van der Waals surface area contributed by atoms with Crippen molar-refractivity contribution in [1.82, 2.24) is 5.32 Å². The molecule has 1 aliphatic rings. The van der Waals surface area contributed by atoms with E-state index in [1.165, 1.54) is 5.56 Å². The van der Waals surface area contributed by atoms with E-state index < -0.39 is 14.6 Å².